The van der Waals surface area contributed by atoms with Gasteiger partial charge >= 0.3 is 0 Å². The van der Waals surface area contributed by atoms with Gasteiger partial charge < -0.3 is 19.0 Å². The Hall–Kier alpha value is -4.61. The number of aliphatic hydroxyl groups is 1. The number of benzene rings is 3. The fourth-order valence-corrected chi connectivity index (χ4v) is 7.29. The topological polar surface area (TPSA) is 115 Å². The lowest BCUT2D eigenvalue weighted by molar-refractivity contribution is -0.117. The monoisotopic (exact) mass is 655 g/mol. The van der Waals surface area contributed by atoms with E-state index < -0.39 is 23.5 Å². The fraction of sp³-hybridized carbons (Fsp3) is 0.257. The van der Waals surface area contributed by atoms with Gasteiger partial charge in [-0.3, -0.25) is 14.5 Å². The number of furan rings is 1. The predicted molar refractivity (Wildman–Crippen MR) is 179 cm³/mol. The van der Waals surface area contributed by atoms with Gasteiger partial charge in [0.1, 0.15) is 0 Å². The molecule has 1 aliphatic rings. The summed E-state index contributed by atoms with van der Waals surface area (Å²) >= 11 is 2.73. The van der Waals surface area contributed by atoms with E-state index in [0.717, 1.165) is 35.6 Å². The maximum Gasteiger partial charge on any atom is 0.296 e. The van der Waals surface area contributed by atoms with Crippen LogP contribution in [0.3, 0.4) is 0 Å². The van der Waals surface area contributed by atoms with E-state index in [4.69, 9.17) is 13.9 Å². The van der Waals surface area contributed by atoms with Gasteiger partial charge in [0.05, 0.1) is 31.1 Å². The summed E-state index contributed by atoms with van der Waals surface area (Å²) in [6.45, 7) is 4.92. The van der Waals surface area contributed by atoms with Crippen molar-refractivity contribution in [1.82, 2.24) is 10.2 Å². The predicted octanol–water partition coefficient (Wildman–Crippen LogP) is 8.33. The van der Waals surface area contributed by atoms with Crippen molar-refractivity contribution in [3.63, 3.8) is 0 Å². The van der Waals surface area contributed by atoms with Crippen molar-refractivity contribution in [3.8, 4) is 11.5 Å². The lowest BCUT2D eigenvalue weighted by atomic mass is 9.95. The molecule has 0 bridgehead atoms. The zero-order chi connectivity index (χ0) is 32.0. The third kappa shape index (κ3) is 6.38. The van der Waals surface area contributed by atoms with E-state index in [-0.39, 0.29) is 16.5 Å². The third-order valence-electron chi connectivity index (χ3n) is 7.62. The largest absolute Gasteiger partial charge is 0.503 e. The molecule has 0 saturated heterocycles. The number of hydrogen-bond donors (Lipinski definition) is 1. The van der Waals surface area contributed by atoms with Gasteiger partial charge in [0, 0.05) is 5.75 Å². The molecule has 5 aromatic rings. The first kappa shape index (κ1) is 31.4. The Morgan fingerprint density at radius 2 is 1.85 bits per heavy atom. The Labute approximate surface area is 274 Å². The van der Waals surface area contributed by atoms with E-state index >= 15 is 0 Å². The number of carbonyl (C=O) groups is 2. The lowest BCUT2D eigenvalue weighted by Gasteiger charge is -2.25. The van der Waals surface area contributed by atoms with Gasteiger partial charge in [0.15, 0.2) is 27.4 Å². The number of ketones is 1. The zero-order valence-corrected chi connectivity index (χ0v) is 27.1. The van der Waals surface area contributed by atoms with Crippen LogP contribution in [0.25, 0.3) is 10.8 Å². The standard InChI is InChI=1S/C35H33N3O6S2/c1-3-5-8-18-43-26-17-16-23(20-28(26)42-4-2)30-29(31(39)27-15-10-19-44-27)32(40)33(41)38(30)34-36-37-35(46-34)45-21-24-13-9-12-22-11-6-7-14-25(22)24/h6-7,9-17,19-20,30,40H,3-5,8,18,21H2,1-2H3. The minimum absolute atomic E-state index is 0.00528. The van der Waals surface area contributed by atoms with Crippen molar-refractivity contribution < 1.29 is 28.6 Å². The van der Waals surface area contributed by atoms with Gasteiger partial charge in [-0.1, -0.05) is 91.4 Å². The second-order valence-corrected chi connectivity index (χ2v) is 12.8. The Balaban J connectivity index is 1.33. The summed E-state index contributed by atoms with van der Waals surface area (Å²) in [5.41, 5.74) is 1.58. The van der Waals surface area contributed by atoms with E-state index in [0.29, 0.717) is 40.4 Å². The fourth-order valence-electron chi connectivity index (χ4n) is 5.42. The number of fused-ring (bicyclic) bond motifs is 1. The van der Waals surface area contributed by atoms with Gasteiger partial charge in [-0.2, -0.15) is 0 Å². The molecule has 0 radical (unpaired) electrons. The van der Waals surface area contributed by atoms with Crippen LogP contribution in [0.1, 0.15) is 60.8 Å². The number of hydrogen-bond acceptors (Lipinski definition) is 10. The quantitative estimate of drug-likeness (QED) is 0.0546. The highest BCUT2D eigenvalue weighted by Crippen LogP contribution is 2.45. The number of rotatable bonds is 14. The third-order valence-corrected chi connectivity index (χ3v) is 9.72. The van der Waals surface area contributed by atoms with Gasteiger partial charge in [0.2, 0.25) is 10.9 Å². The first-order chi connectivity index (χ1) is 22.5. The highest BCUT2D eigenvalue weighted by atomic mass is 32.2. The van der Waals surface area contributed by atoms with Gasteiger partial charge in [-0.25, -0.2) is 0 Å². The molecule has 9 nitrogen and oxygen atoms in total. The Morgan fingerprint density at radius 3 is 2.65 bits per heavy atom. The molecule has 0 fully saturated rings. The summed E-state index contributed by atoms with van der Waals surface area (Å²) in [5, 5.41) is 22.4. The second-order valence-electron chi connectivity index (χ2n) is 10.6. The highest BCUT2D eigenvalue weighted by Gasteiger charge is 2.47. The number of anilines is 1. The number of Topliss-reactive ketones (excluding diaryl/α,β-unsaturated/α-hetero) is 1. The van der Waals surface area contributed by atoms with E-state index in [2.05, 4.69) is 41.4 Å². The first-order valence-electron chi connectivity index (χ1n) is 15.2. The molecule has 0 saturated carbocycles. The number of thioether (sulfide) groups is 1. The smallest absolute Gasteiger partial charge is 0.296 e. The molecule has 236 valence electrons. The summed E-state index contributed by atoms with van der Waals surface area (Å²) in [6.07, 6.45) is 4.40. The molecule has 1 N–H and O–H groups in total. The molecular weight excluding hydrogens is 623 g/mol. The van der Waals surface area contributed by atoms with Crippen LogP contribution in [0, 0.1) is 0 Å². The average molecular weight is 656 g/mol. The Bertz CT molecular complexity index is 1880. The van der Waals surface area contributed by atoms with Crippen molar-refractivity contribution in [2.24, 2.45) is 0 Å². The molecule has 1 unspecified atom stereocenters. The van der Waals surface area contributed by atoms with Crippen LogP contribution in [0.15, 0.2) is 99.1 Å². The lowest BCUT2D eigenvalue weighted by Crippen LogP contribution is -2.31. The van der Waals surface area contributed by atoms with E-state index in [1.807, 2.05) is 25.1 Å². The molecule has 3 heterocycles. The van der Waals surface area contributed by atoms with E-state index in [1.54, 1.807) is 24.3 Å². The van der Waals surface area contributed by atoms with Crippen LogP contribution >= 0.6 is 23.1 Å². The summed E-state index contributed by atoms with van der Waals surface area (Å²) < 4.78 is 18.0. The maximum absolute atomic E-state index is 13.7. The number of unbranched alkanes of at least 4 members (excludes halogenated alkanes) is 2. The molecule has 1 atom stereocenters. The molecule has 1 amide bonds. The summed E-state index contributed by atoms with van der Waals surface area (Å²) in [7, 11) is 0. The second kappa shape index (κ2) is 14.2. The van der Waals surface area contributed by atoms with Crippen LogP contribution in [0.2, 0.25) is 0 Å². The van der Waals surface area contributed by atoms with Crippen LogP contribution < -0.4 is 14.4 Å². The van der Waals surface area contributed by atoms with Gasteiger partial charge in [-0.05, 0) is 59.5 Å². The number of amides is 1. The van der Waals surface area contributed by atoms with Crippen LogP contribution in [0.4, 0.5) is 5.13 Å². The minimum Gasteiger partial charge on any atom is -0.503 e. The summed E-state index contributed by atoms with van der Waals surface area (Å²) in [4.78, 5) is 28.7. The molecule has 0 spiro atoms. The van der Waals surface area contributed by atoms with Crippen LogP contribution in [0.5, 0.6) is 11.5 Å². The van der Waals surface area contributed by atoms with Crippen LogP contribution in [-0.4, -0.2) is 40.2 Å². The molecule has 3 aromatic carbocycles. The minimum atomic E-state index is -1.01. The number of ether oxygens (including phenoxy) is 2. The van der Waals surface area contributed by atoms with Crippen molar-refractivity contribution in [2.75, 3.05) is 18.1 Å². The van der Waals surface area contributed by atoms with Crippen LogP contribution in [-0.2, 0) is 10.5 Å². The van der Waals surface area contributed by atoms with Crippen molar-refractivity contribution in [3.05, 3.63) is 107 Å². The Kier molecular flexibility index (Phi) is 9.70. The molecule has 2 aromatic heterocycles. The molecule has 11 heteroatoms. The van der Waals surface area contributed by atoms with Crippen molar-refractivity contribution in [1.29, 1.82) is 0 Å². The number of aliphatic hydroxyl groups excluding tert-OH is 1. The Morgan fingerprint density at radius 1 is 1.00 bits per heavy atom. The summed E-state index contributed by atoms with van der Waals surface area (Å²) in [6, 6.07) is 21.7. The van der Waals surface area contributed by atoms with Gasteiger partial charge in [-0.15, -0.1) is 10.2 Å². The van der Waals surface area contributed by atoms with Crippen molar-refractivity contribution in [2.45, 2.75) is 49.2 Å². The average Bonchev–Trinajstić information content (AvgIpc) is 3.83. The molecular formula is C35H33N3O6S2. The highest BCUT2D eigenvalue weighted by molar-refractivity contribution is 8.00. The van der Waals surface area contributed by atoms with Crippen molar-refractivity contribution >= 4 is 50.7 Å². The first-order valence-corrected chi connectivity index (χ1v) is 17.0. The number of aromatic nitrogens is 2. The molecule has 6 rings (SSSR count). The summed E-state index contributed by atoms with van der Waals surface area (Å²) in [5.74, 6) is -0.321. The number of nitrogens with zero attached hydrogens (tertiary/aromatic N) is 3. The van der Waals surface area contributed by atoms with Gasteiger partial charge in [0.25, 0.3) is 5.91 Å². The van der Waals surface area contributed by atoms with E-state index in [1.165, 1.54) is 40.3 Å². The SMILES string of the molecule is CCCCCOc1ccc(C2C(C(=O)c3ccco3)=C(O)C(=O)N2c2nnc(SCc3cccc4ccccc34)s2)cc1OCC. The number of carbonyl (C=O) groups excluding carboxylic acids is 2. The molecule has 46 heavy (non-hydrogen) atoms. The zero-order valence-electron chi connectivity index (χ0n) is 25.5. The molecule has 0 aliphatic carbocycles. The molecule has 1 aliphatic heterocycles. The van der Waals surface area contributed by atoms with E-state index in [9.17, 15) is 14.7 Å². The maximum atomic E-state index is 13.7. The normalized spacial score (nSPS) is 14.8.